The van der Waals surface area contributed by atoms with Crippen LogP contribution in [-0.2, 0) is 22.4 Å². The van der Waals surface area contributed by atoms with E-state index in [0.717, 1.165) is 0 Å². The topological polar surface area (TPSA) is 0 Å². The fourth-order valence-corrected chi connectivity index (χ4v) is 0. The average Bonchev–Trinajstić information content (AvgIpc) is 1.81. The average molecular weight is 213 g/mol. The van der Waals surface area contributed by atoms with Crippen molar-refractivity contribution in [2.75, 3.05) is 0 Å². The second kappa shape index (κ2) is 642. The van der Waals surface area contributed by atoms with Gasteiger partial charge in [0.2, 0.25) is 0 Å². The maximum atomic E-state index is 2.00. The van der Waals surface area contributed by atoms with Crippen molar-refractivity contribution >= 4 is 0 Å². The minimum absolute atomic E-state index is 0. The first-order chi connectivity index (χ1) is 3.00. The predicted octanol–water partition coefficient (Wildman–Crippen LogP) is 3.53. The quantitative estimate of drug-likeness (QED) is 0.426. The molecule has 60 valence electrons. The molecule has 0 bridgehead atoms. The van der Waals surface area contributed by atoms with E-state index in [1.807, 2.05) is 41.5 Å². The van der Waals surface area contributed by atoms with E-state index in [1.54, 1.807) is 0 Å². The van der Waals surface area contributed by atoms with Gasteiger partial charge in [-0.1, -0.05) is 41.5 Å². The molecule has 0 spiro atoms. The molecule has 0 aromatic carbocycles. The molecule has 0 atom stereocenters. The van der Waals surface area contributed by atoms with Gasteiger partial charge >= 0.3 is 22.4 Å². The van der Waals surface area contributed by atoms with Crippen LogP contribution in [0.3, 0.4) is 0 Å². The summed E-state index contributed by atoms with van der Waals surface area (Å²) in [6.45, 7) is 12.0. The Balaban J connectivity index is -0.00000000500. The van der Waals surface area contributed by atoms with E-state index in [4.69, 9.17) is 0 Å². The Hall–Kier alpha value is 0.740. The van der Waals surface area contributed by atoms with Crippen LogP contribution in [-0.4, -0.2) is 0 Å². The van der Waals surface area contributed by atoms with Crippen molar-refractivity contribution in [1.82, 2.24) is 0 Å². The first-order valence-electron chi connectivity index (χ1n) is 3.00. The second-order valence-electron chi connectivity index (χ2n) is 0. The van der Waals surface area contributed by atoms with Gasteiger partial charge in [-0.25, -0.2) is 0 Å². The molecule has 0 aliphatic heterocycles. The molecule has 0 aliphatic rings. The zero-order chi connectivity index (χ0) is 6.00. The molecular weight excluding hydrogens is 192 g/mol. The Labute approximate surface area is 71.6 Å². The second-order valence-corrected chi connectivity index (χ2v) is 0. The van der Waals surface area contributed by atoms with Crippen LogP contribution in [0.4, 0.5) is 0 Å². The maximum Gasteiger partial charge on any atom is 1.00 e. The van der Waals surface area contributed by atoms with Crippen molar-refractivity contribution in [3.05, 3.63) is 7.43 Å². The SMILES string of the molecule is CC.CC.CC.[Ag+].[CH3-]. The van der Waals surface area contributed by atoms with Crippen molar-refractivity contribution in [2.24, 2.45) is 0 Å². The van der Waals surface area contributed by atoms with Crippen LogP contribution in [0.1, 0.15) is 41.5 Å². The molecule has 0 saturated heterocycles. The molecular formula is C7H21Ag. The summed E-state index contributed by atoms with van der Waals surface area (Å²) >= 11 is 0. The van der Waals surface area contributed by atoms with Gasteiger partial charge in [0.1, 0.15) is 0 Å². The summed E-state index contributed by atoms with van der Waals surface area (Å²) in [7, 11) is 0. The Morgan fingerprint density at radius 1 is 0.500 bits per heavy atom. The third-order valence-corrected chi connectivity index (χ3v) is 0. The van der Waals surface area contributed by atoms with Gasteiger partial charge in [0, 0.05) is 0 Å². The first kappa shape index (κ1) is 37.4. The van der Waals surface area contributed by atoms with Gasteiger partial charge in [0.05, 0.1) is 0 Å². The molecule has 0 unspecified atom stereocenters. The monoisotopic (exact) mass is 212 g/mol. The molecule has 0 N–H and O–H groups in total. The number of rotatable bonds is 0. The van der Waals surface area contributed by atoms with Gasteiger partial charge in [-0.05, 0) is 0 Å². The largest absolute Gasteiger partial charge is 1.00 e. The summed E-state index contributed by atoms with van der Waals surface area (Å²) in [5.41, 5.74) is 0. The van der Waals surface area contributed by atoms with Gasteiger partial charge in [-0.15, -0.1) is 0 Å². The Morgan fingerprint density at radius 2 is 0.500 bits per heavy atom. The molecule has 8 heavy (non-hydrogen) atoms. The molecule has 1 heteroatoms. The molecule has 0 amide bonds. The van der Waals surface area contributed by atoms with Crippen LogP contribution >= 0.6 is 0 Å². The molecule has 0 nitrogen and oxygen atoms in total. The first-order valence-corrected chi connectivity index (χ1v) is 3.00. The van der Waals surface area contributed by atoms with Crippen LogP contribution in [0.2, 0.25) is 0 Å². The van der Waals surface area contributed by atoms with Gasteiger partial charge in [-0.3, -0.25) is 0 Å². The van der Waals surface area contributed by atoms with Crippen LogP contribution in [0, 0.1) is 7.43 Å². The molecule has 0 heterocycles. The van der Waals surface area contributed by atoms with Crippen molar-refractivity contribution in [3.63, 3.8) is 0 Å². The van der Waals surface area contributed by atoms with E-state index in [2.05, 4.69) is 0 Å². The fraction of sp³-hybridized carbons (Fsp3) is 0.857. The summed E-state index contributed by atoms with van der Waals surface area (Å²) < 4.78 is 0. The number of hydrogen-bond acceptors (Lipinski definition) is 0. The molecule has 0 fully saturated rings. The van der Waals surface area contributed by atoms with Gasteiger partial charge in [0.25, 0.3) is 0 Å². The maximum absolute atomic E-state index is 2.00. The standard InChI is InChI=1S/3C2H6.CH3.Ag/c3*1-2;;/h3*1-2H3;1H3;/q;;;-1;+1. The molecule has 0 aliphatic carbocycles. The van der Waals surface area contributed by atoms with Crippen molar-refractivity contribution < 1.29 is 22.4 Å². The molecule has 0 radical (unpaired) electrons. The summed E-state index contributed by atoms with van der Waals surface area (Å²) in [6, 6.07) is 0. The van der Waals surface area contributed by atoms with Crippen molar-refractivity contribution in [3.8, 4) is 0 Å². The normalized spacial score (nSPS) is 2.25. The molecule has 0 rings (SSSR count). The molecule has 0 aromatic rings. The summed E-state index contributed by atoms with van der Waals surface area (Å²) in [6.07, 6.45) is 0. The summed E-state index contributed by atoms with van der Waals surface area (Å²) in [5, 5.41) is 0. The van der Waals surface area contributed by atoms with E-state index >= 15 is 0 Å². The zero-order valence-electron chi connectivity index (χ0n) is 7.30. The third-order valence-electron chi connectivity index (χ3n) is 0. The van der Waals surface area contributed by atoms with Crippen molar-refractivity contribution in [2.45, 2.75) is 41.5 Å². The minimum atomic E-state index is 0. The van der Waals surface area contributed by atoms with E-state index in [0.29, 0.717) is 0 Å². The van der Waals surface area contributed by atoms with E-state index in [9.17, 15) is 0 Å². The Kier molecular flexibility index (Phi) is 3000. The van der Waals surface area contributed by atoms with Gasteiger partial charge in [0.15, 0.2) is 0 Å². The van der Waals surface area contributed by atoms with Crippen LogP contribution in [0.25, 0.3) is 0 Å². The van der Waals surface area contributed by atoms with Crippen molar-refractivity contribution in [1.29, 1.82) is 0 Å². The van der Waals surface area contributed by atoms with Crippen LogP contribution in [0.15, 0.2) is 0 Å². The third kappa shape index (κ3) is 405. The Morgan fingerprint density at radius 3 is 0.500 bits per heavy atom. The summed E-state index contributed by atoms with van der Waals surface area (Å²) in [4.78, 5) is 0. The van der Waals surface area contributed by atoms with Gasteiger partial charge < -0.3 is 7.43 Å². The van der Waals surface area contributed by atoms with E-state index in [1.165, 1.54) is 0 Å². The minimum Gasteiger partial charge on any atom is -0.358 e. The summed E-state index contributed by atoms with van der Waals surface area (Å²) in [5.74, 6) is 0. The van der Waals surface area contributed by atoms with Gasteiger partial charge in [-0.2, -0.15) is 0 Å². The van der Waals surface area contributed by atoms with Crippen LogP contribution < -0.4 is 0 Å². The fourth-order valence-electron chi connectivity index (χ4n) is 0. The van der Waals surface area contributed by atoms with E-state index in [-0.39, 0.29) is 29.8 Å². The zero-order valence-corrected chi connectivity index (χ0v) is 8.78. The molecule has 0 aromatic heterocycles. The molecule has 0 saturated carbocycles. The van der Waals surface area contributed by atoms with Crippen LogP contribution in [0.5, 0.6) is 0 Å². The smallest absolute Gasteiger partial charge is 0.358 e. The predicted molar refractivity (Wildman–Crippen MR) is 40.5 cm³/mol. The number of hydrogen-bond donors (Lipinski definition) is 0. The Bertz CT molecular complexity index is 4.35. The van der Waals surface area contributed by atoms with E-state index < -0.39 is 0 Å².